The third kappa shape index (κ3) is 7.55. The van der Waals surface area contributed by atoms with Crippen molar-refractivity contribution in [1.82, 2.24) is 4.23 Å². The van der Waals surface area contributed by atoms with Crippen molar-refractivity contribution in [2.24, 2.45) is 5.73 Å². The summed E-state index contributed by atoms with van der Waals surface area (Å²) in [5.41, 5.74) is 6.49. The van der Waals surface area contributed by atoms with Gasteiger partial charge in [-0.2, -0.15) is 6.42 Å². The van der Waals surface area contributed by atoms with Crippen molar-refractivity contribution in [1.29, 1.82) is 0 Å². The minimum Gasteiger partial charge on any atom is -0.348 e. The second kappa shape index (κ2) is 10.7. The molecule has 2 rings (SSSR count). The third-order valence-electron chi connectivity index (χ3n) is 4.44. The molecule has 1 aliphatic rings. The predicted molar refractivity (Wildman–Crippen MR) is 106 cm³/mol. The minimum absolute atomic E-state index is 0. The maximum absolute atomic E-state index is 5.29. The molecule has 23 heavy (non-hydrogen) atoms. The van der Waals surface area contributed by atoms with Gasteiger partial charge in [-0.25, -0.2) is 0 Å². The van der Waals surface area contributed by atoms with Crippen molar-refractivity contribution in [2.75, 3.05) is 13.1 Å². The van der Waals surface area contributed by atoms with E-state index in [9.17, 15) is 0 Å². The molecule has 0 bridgehead atoms. The van der Waals surface area contributed by atoms with E-state index in [-0.39, 0.29) is 18.9 Å². The van der Waals surface area contributed by atoms with Gasteiger partial charge in [-0.1, -0.05) is 68.7 Å². The molecule has 1 aromatic rings. The van der Waals surface area contributed by atoms with E-state index in [4.69, 9.17) is 5.73 Å². The first-order valence-corrected chi connectivity index (χ1v) is 14.6. The van der Waals surface area contributed by atoms with Crippen LogP contribution < -0.4 is 24.6 Å². The van der Waals surface area contributed by atoms with Crippen LogP contribution >= 0.6 is 0 Å². The van der Waals surface area contributed by atoms with Gasteiger partial charge < -0.3 is 16.9 Å². The quantitative estimate of drug-likeness (QED) is 0.666. The Bertz CT molecular complexity index is 445. The fraction of sp³-hybridized carbons (Fsp3) is 0.500. The van der Waals surface area contributed by atoms with Crippen LogP contribution in [0.1, 0.15) is 12.0 Å². The zero-order valence-electron chi connectivity index (χ0n) is 15.8. The van der Waals surface area contributed by atoms with Crippen molar-refractivity contribution < 1.29 is 18.9 Å². The van der Waals surface area contributed by atoms with Gasteiger partial charge in [0, 0.05) is 6.54 Å². The SMILES string of the molecule is NC/C=C/c1ccccc1.[CH2-]CCN1[Si](C)(C)CC[Si]1(C)C.[Li+]. The maximum Gasteiger partial charge on any atom is 1.00 e. The van der Waals surface area contributed by atoms with Crippen LogP contribution in [0.3, 0.4) is 0 Å². The first kappa shape index (κ1) is 22.9. The predicted octanol–water partition coefficient (Wildman–Crippen LogP) is 1.60. The number of rotatable bonds is 4. The topological polar surface area (TPSA) is 29.3 Å². The number of nitrogens with two attached hydrogens (primary N) is 1. The van der Waals surface area contributed by atoms with Crippen molar-refractivity contribution in [2.45, 2.75) is 44.7 Å². The molecule has 1 aliphatic heterocycles. The molecule has 1 heterocycles. The van der Waals surface area contributed by atoms with E-state index in [2.05, 4.69) is 37.3 Å². The molecular weight excluding hydrogens is 307 g/mol. The van der Waals surface area contributed by atoms with Gasteiger partial charge in [0.05, 0.1) is 0 Å². The van der Waals surface area contributed by atoms with E-state index in [0.29, 0.717) is 6.54 Å². The fourth-order valence-electron chi connectivity index (χ4n) is 3.23. The molecule has 0 spiro atoms. The van der Waals surface area contributed by atoms with Crippen molar-refractivity contribution >= 4 is 22.5 Å². The summed E-state index contributed by atoms with van der Waals surface area (Å²) < 4.78 is 2.88. The average Bonchev–Trinajstić information content (AvgIpc) is 2.70. The number of nitrogens with zero attached hydrogens (tertiary/aromatic N) is 1. The second-order valence-electron chi connectivity index (χ2n) is 7.18. The Morgan fingerprint density at radius 2 is 1.61 bits per heavy atom. The summed E-state index contributed by atoms with van der Waals surface area (Å²) in [7, 11) is -1.94. The zero-order chi connectivity index (χ0) is 16.6. The Morgan fingerprint density at radius 1 is 1.09 bits per heavy atom. The summed E-state index contributed by atoms with van der Waals surface area (Å²) in [4.78, 5) is 0. The van der Waals surface area contributed by atoms with Crippen LogP contribution in [0.25, 0.3) is 6.08 Å². The summed E-state index contributed by atoms with van der Waals surface area (Å²) in [6.45, 7) is 15.9. The molecule has 0 atom stereocenters. The van der Waals surface area contributed by atoms with E-state index in [1.165, 1.54) is 24.2 Å². The van der Waals surface area contributed by atoms with Gasteiger partial charge in [-0.15, -0.1) is 0 Å². The first-order valence-electron chi connectivity index (χ1n) is 8.32. The Labute approximate surface area is 157 Å². The molecule has 1 aromatic carbocycles. The van der Waals surface area contributed by atoms with Gasteiger partial charge in [0.15, 0.2) is 0 Å². The van der Waals surface area contributed by atoms with E-state index in [1.54, 1.807) is 0 Å². The largest absolute Gasteiger partial charge is 1.00 e. The van der Waals surface area contributed by atoms with E-state index >= 15 is 0 Å². The number of benzene rings is 1. The van der Waals surface area contributed by atoms with Gasteiger partial charge in [0.2, 0.25) is 0 Å². The Kier molecular flexibility index (Phi) is 10.7. The molecule has 2 N–H and O–H groups in total. The van der Waals surface area contributed by atoms with Crippen LogP contribution in [0.2, 0.25) is 38.3 Å². The molecule has 0 aromatic heterocycles. The molecular formula is C18H33LiN2Si2. The number of hydrogen-bond acceptors (Lipinski definition) is 2. The molecule has 0 saturated carbocycles. The summed E-state index contributed by atoms with van der Waals surface area (Å²) in [6, 6.07) is 13.2. The zero-order valence-corrected chi connectivity index (χ0v) is 17.8. The van der Waals surface area contributed by atoms with Crippen LogP contribution in [-0.2, 0) is 0 Å². The van der Waals surface area contributed by atoms with Crippen LogP contribution in [0.4, 0.5) is 0 Å². The van der Waals surface area contributed by atoms with E-state index < -0.39 is 16.5 Å². The standard InChI is InChI=1S/C9H22NSi2.C9H11N.Li/c1-6-7-10-11(2,3)8-9-12(10,4)5;10-8-4-7-9-5-2-1-3-6-9;/h1,6-9H2,2-5H3;1-7H,8,10H2;/q-1;;+1/b;7-4+;. The fourth-order valence-corrected chi connectivity index (χ4v) is 17.4. The van der Waals surface area contributed by atoms with Gasteiger partial charge in [0.25, 0.3) is 0 Å². The third-order valence-corrected chi connectivity index (χ3v) is 14.9. The Balaban J connectivity index is 0.000000409. The van der Waals surface area contributed by atoms with Gasteiger partial charge in [-0.05, 0) is 24.2 Å². The molecule has 1 saturated heterocycles. The second-order valence-corrected chi connectivity index (χ2v) is 17.0. The Hall–Kier alpha value is -0.0888. The van der Waals surface area contributed by atoms with Crippen molar-refractivity contribution in [3.63, 3.8) is 0 Å². The van der Waals surface area contributed by atoms with Crippen LogP contribution in [0, 0.1) is 6.92 Å². The van der Waals surface area contributed by atoms with E-state index in [1.807, 2.05) is 42.5 Å². The van der Waals surface area contributed by atoms with Gasteiger partial charge >= 0.3 is 18.9 Å². The van der Waals surface area contributed by atoms with Crippen molar-refractivity contribution in [3.05, 3.63) is 48.9 Å². The summed E-state index contributed by atoms with van der Waals surface area (Å²) in [5.74, 6) is 0. The smallest absolute Gasteiger partial charge is 0.348 e. The van der Waals surface area contributed by atoms with Crippen LogP contribution in [0.5, 0.6) is 0 Å². The summed E-state index contributed by atoms with van der Waals surface area (Å²) in [5, 5.41) is 0. The molecule has 124 valence electrons. The molecule has 0 aliphatic carbocycles. The summed E-state index contributed by atoms with van der Waals surface area (Å²) in [6.07, 6.45) is 5.04. The average molecular weight is 341 g/mol. The molecule has 0 unspecified atom stereocenters. The molecule has 0 amide bonds. The van der Waals surface area contributed by atoms with Gasteiger partial charge in [0.1, 0.15) is 16.5 Å². The van der Waals surface area contributed by atoms with Crippen molar-refractivity contribution in [3.8, 4) is 0 Å². The van der Waals surface area contributed by atoms with E-state index in [0.717, 1.165) is 6.42 Å². The molecule has 5 heteroatoms. The monoisotopic (exact) mass is 340 g/mol. The molecule has 1 fully saturated rings. The maximum atomic E-state index is 5.29. The first-order chi connectivity index (χ1) is 10.3. The summed E-state index contributed by atoms with van der Waals surface area (Å²) >= 11 is 0. The van der Waals surface area contributed by atoms with Gasteiger partial charge in [-0.3, -0.25) is 0 Å². The molecule has 0 radical (unpaired) electrons. The van der Waals surface area contributed by atoms with Crippen LogP contribution in [0.15, 0.2) is 36.4 Å². The minimum atomic E-state index is -0.971. The normalized spacial score (nSPS) is 19.0. The van der Waals surface area contributed by atoms with Crippen LogP contribution in [-0.4, -0.2) is 33.8 Å². The number of hydrogen-bond donors (Lipinski definition) is 1. The molecule has 2 nitrogen and oxygen atoms in total. The Morgan fingerprint density at radius 3 is 2.04 bits per heavy atom.